The zero-order valence-corrected chi connectivity index (χ0v) is 16.3. The Hall–Kier alpha value is -3.19. The highest BCUT2D eigenvalue weighted by Crippen LogP contribution is 2.20. The van der Waals surface area contributed by atoms with Crippen molar-refractivity contribution in [3.8, 4) is 5.95 Å². The molecule has 2 aromatic rings. The van der Waals surface area contributed by atoms with Crippen LogP contribution in [-0.2, 0) is 0 Å². The van der Waals surface area contributed by atoms with Gasteiger partial charge in [0.2, 0.25) is 0 Å². The van der Waals surface area contributed by atoms with Crippen LogP contribution in [0.5, 0.6) is 5.95 Å². The first-order valence-electron chi connectivity index (χ1n) is 8.70. The molecule has 0 aliphatic carbocycles. The fraction of sp³-hybridized carbons (Fsp3) is 0.286. The molecule has 0 aliphatic rings. The van der Waals surface area contributed by atoms with Crippen molar-refractivity contribution < 1.29 is 19.2 Å². The van der Waals surface area contributed by atoms with Gasteiger partial charge < -0.3 is 14.3 Å². The van der Waals surface area contributed by atoms with Crippen molar-refractivity contribution in [3.05, 3.63) is 78.7 Å². The van der Waals surface area contributed by atoms with Gasteiger partial charge in [0, 0.05) is 17.7 Å². The first-order valence-corrected chi connectivity index (χ1v) is 8.70. The van der Waals surface area contributed by atoms with Gasteiger partial charge in [0.25, 0.3) is 11.6 Å². The van der Waals surface area contributed by atoms with E-state index in [0.29, 0.717) is 28.9 Å². The fourth-order valence-electron chi connectivity index (χ4n) is 2.63. The molecule has 1 N–H and O–H groups in total. The number of ether oxygens (including phenoxy) is 1. The molecule has 1 aromatic carbocycles. The Morgan fingerprint density at radius 2 is 1.93 bits per heavy atom. The Morgan fingerprint density at radius 3 is 2.50 bits per heavy atom. The monoisotopic (exact) mass is 385 g/mol. The minimum absolute atomic E-state index is 0.0173. The number of hydrogen-bond donors (Lipinski definition) is 1. The Morgan fingerprint density at radius 1 is 1.29 bits per heavy atom. The molecule has 0 amide bonds. The Labute approximate surface area is 162 Å². The van der Waals surface area contributed by atoms with Crippen LogP contribution in [0, 0.1) is 24.0 Å². The summed E-state index contributed by atoms with van der Waals surface area (Å²) in [6.45, 7) is 5.09. The number of nitrogens with zero attached hydrogens (tertiary/aromatic N) is 1. The van der Waals surface area contributed by atoms with E-state index >= 15 is 0 Å². The highest BCUT2D eigenvalue weighted by Gasteiger charge is 2.12. The number of benzene rings is 1. The molecule has 0 aliphatic heterocycles. The van der Waals surface area contributed by atoms with Crippen LogP contribution in [0.2, 0.25) is 0 Å². The van der Waals surface area contributed by atoms with E-state index in [4.69, 9.17) is 9.15 Å². The number of nitro groups is 1. The van der Waals surface area contributed by atoms with Gasteiger partial charge in [0.15, 0.2) is 5.43 Å². The summed E-state index contributed by atoms with van der Waals surface area (Å²) in [4.78, 5) is 22.4. The van der Waals surface area contributed by atoms with Crippen LogP contribution >= 0.6 is 0 Å². The SMILES string of the molecule is COc1oc(/C=C/CC(O)/C(C)=C/c2ccc([N+](=O)[O-])cc2)c(C)c(=O)c1C. The van der Waals surface area contributed by atoms with Crippen LogP contribution < -0.4 is 10.2 Å². The number of rotatable bonds is 7. The van der Waals surface area contributed by atoms with E-state index in [9.17, 15) is 20.0 Å². The number of hydrogen-bond acceptors (Lipinski definition) is 6. The lowest BCUT2D eigenvalue weighted by Gasteiger charge is -2.09. The first-order chi connectivity index (χ1) is 13.2. The van der Waals surface area contributed by atoms with Gasteiger partial charge in [0.05, 0.1) is 23.7 Å². The van der Waals surface area contributed by atoms with E-state index in [1.807, 2.05) is 0 Å². The fourth-order valence-corrected chi connectivity index (χ4v) is 2.63. The third-order valence-electron chi connectivity index (χ3n) is 4.40. The molecule has 0 saturated carbocycles. The second-order valence-electron chi connectivity index (χ2n) is 6.43. The van der Waals surface area contributed by atoms with Crippen LogP contribution in [0.1, 0.15) is 35.8 Å². The van der Waals surface area contributed by atoms with E-state index in [0.717, 1.165) is 5.56 Å². The predicted molar refractivity (Wildman–Crippen MR) is 107 cm³/mol. The van der Waals surface area contributed by atoms with Gasteiger partial charge in [0.1, 0.15) is 5.76 Å². The van der Waals surface area contributed by atoms with Crippen LogP contribution in [0.4, 0.5) is 5.69 Å². The van der Waals surface area contributed by atoms with Crippen molar-refractivity contribution >= 4 is 17.8 Å². The molecule has 0 radical (unpaired) electrons. The summed E-state index contributed by atoms with van der Waals surface area (Å²) in [5.74, 6) is 0.557. The molecule has 1 aromatic heterocycles. The first kappa shape index (κ1) is 21.1. The molecule has 0 saturated heterocycles. The molecule has 1 heterocycles. The average molecular weight is 385 g/mol. The van der Waals surface area contributed by atoms with Gasteiger partial charge in [-0.1, -0.05) is 12.2 Å². The second-order valence-corrected chi connectivity index (χ2v) is 6.43. The molecule has 1 unspecified atom stereocenters. The van der Waals surface area contributed by atoms with Gasteiger partial charge >= 0.3 is 0 Å². The normalized spacial score (nSPS) is 13.0. The maximum Gasteiger partial charge on any atom is 0.291 e. The maximum atomic E-state index is 12.2. The molecule has 0 bridgehead atoms. The van der Waals surface area contributed by atoms with E-state index in [2.05, 4.69) is 0 Å². The van der Waals surface area contributed by atoms with Gasteiger partial charge in [-0.2, -0.15) is 0 Å². The van der Waals surface area contributed by atoms with E-state index < -0.39 is 11.0 Å². The van der Waals surface area contributed by atoms with Gasteiger partial charge in [-0.25, -0.2) is 0 Å². The van der Waals surface area contributed by atoms with Crippen LogP contribution in [-0.4, -0.2) is 23.2 Å². The summed E-state index contributed by atoms with van der Waals surface area (Å²) < 4.78 is 10.7. The number of methoxy groups -OCH3 is 1. The molecular formula is C21H23NO6. The number of nitro benzene ring substituents is 1. The summed E-state index contributed by atoms with van der Waals surface area (Å²) in [6.07, 6.45) is 4.70. The lowest BCUT2D eigenvalue weighted by atomic mass is 10.0. The topological polar surface area (TPSA) is 103 Å². The minimum atomic E-state index is -0.745. The third-order valence-corrected chi connectivity index (χ3v) is 4.40. The van der Waals surface area contributed by atoms with Gasteiger partial charge in [-0.15, -0.1) is 0 Å². The van der Waals surface area contributed by atoms with Crippen molar-refractivity contribution in [2.24, 2.45) is 0 Å². The molecule has 0 fully saturated rings. The Bertz CT molecular complexity index is 970. The van der Waals surface area contributed by atoms with Gasteiger partial charge in [-0.05, 0) is 56.5 Å². The van der Waals surface area contributed by atoms with E-state index in [1.54, 1.807) is 51.1 Å². The van der Waals surface area contributed by atoms with Crippen LogP contribution in [0.15, 0.2) is 45.1 Å². The minimum Gasteiger partial charge on any atom is -0.468 e. The quantitative estimate of drug-likeness (QED) is 0.570. The van der Waals surface area contributed by atoms with E-state index in [-0.39, 0.29) is 17.1 Å². The zero-order chi connectivity index (χ0) is 20.8. The maximum absolute atomic E-state index is 12.2. The Balaban J connectivity index is 2.10. The number of non-ortho nitro benzene ring substituents is 1. The predicted octanol–water partition coefficient (Wildman–Crippen LogP) is 4.04. The average Bonchev–Trinajstić information content (AvgIpc) is 2.68. The number of aliphatic hydroxyl groups is 1. The standard InChI is InChI=1S/C21H23NO6/c1-13(12-16-8-10-17(11-9-16)22(25)26)18(23)6-5-7-19-14(2)20(24)15(3)21(27-4)28-19/h5,7-12,18,23H,6H2,1-4H3/b7-5+,13-12+. The largest absolute Gasteiger partial charge is 0.468 e. The second kappa shape index (κ2) is 9.14. The van der Waals surface area contributed by atoms with Crippen molar-refractivity contribution in [1.29, 1.82) is 0 Å². The molecule has 1 atom stereocenters. The van der Waals surface area contributed by atoms with Crippen molar-refractivity contribution in [2.75, 3.05) is 7.11 Å². The highest BCUT2D eigenvalue weighted by atomic mass is 16.6. The summed E-state index contributed by atoms with van der Waals surface area (Å²) in [6, 6.07) is 6.09. The van der Waals surface area contributed by atoms with E-state index in [1.165, 1.54) is 19.2 Å². The summed E-state index contributed by atoms with van der Waals surface area (Å²) in [5, 5.41) is 21.0. The lowest BCUT2D eigenvalue weighted by Crippen LogP contribution is -2.12. The van der Waals surface area contributed by atoms with Crippen molar-refractivity contribution in [1.82, 2.24) is 0 Å². The van der Waals surface area contributed by atoms with Crippen molar-refractivity contribution in [3.63, 3.8) is 0 Å². The molecular weight excluding hydrogens is 362 g/mol. The molecule has 148 valence electrons. The highest BCUT2D eigenvalue weighted by molar-refractivity contribution is 5.55. The number of aliphatic hydroxyl groups excluding tert-OH is 1. The smallest absolute Gasteiger partial charge is 0.291 e. The Kier molecular flexibility index (Phi) is 6.89. The summed E-state index contributed by atoms with van der Waals surface area (Å²) >= 11 is 0. The van der Waals surface area contributed by atoms with Crippen LogP contribution in [0.25, 0.3) is 12.2 Å². The van der Waals surface area contributed by atoms with Crippen molar-refractivity contribution in [2.45, 2.75) is 33.3 Å². The molecule has 28 heavy (non-hydrogen) atoms. The summed E-state index contributed by atoms with van der Waals surface area (Å²) in [7, 11) is 1.43. The van der Waals surface area contributed by atoms with Gasteiger partial charge in [-0.3, -0.25) is 14.9 Å². The zero-order valence-electron chi connectivity index (χ0n) is 16.3. The van der Waals surface area contributed by atoms with Crippen LogP contribution in [0.3, 0.4) is 0 Å². The molecule has 2 rings (SSSR count). The third kappa shape index (κ3) is 4.95. The summed E-state index contributed by atoms with van der Waals surface area (Å²) in [5.41, 5.74) is 2.23. The molecule has 7 heteroatoms. The molecule has 0 spiro atoms. The molecule has 7 nitrogen and oxygen atoms in total. The lowest BCUT2D eigenvalue weighted by molar-refractivity contribution is -0.384.